The monoisotopic (exact) mass is 322 g/mol. The molecule has 118 valence electrons. The number of hydrogen-bond donors (Lipinski definition) is 0. The van der Waals surface area contributed by atoms with Crippen molar-refractivity contribution >= 4 is 16.7 Å². The van der Waals surface area contributed by atoms with E-state index in [1.54, 1.807) is 17.9 Å². The first-order chi connectivity index (χ1) is 10.8. The SMILES string of the molecule is Cn1nc(C(F)(F)F)cc1-c1nc2c3cnn(C)c3ncn2n1. The van der Waals surface area contributed by atoms with Gasteiger partial charge < -0.3 is 0 Å². The first-order valence-electron chi connectivity index (χ1n) is 6.49. The molecular formula is C12H9F3N8. The predicted octanol–water partition coefficient (Wildman–Crippen LogP) is 1.43. The summed E-state index contributed by atoms with van der Waals surface area (Å²) in [4.78, 5) is 8.51. The lowest BCUT2D eigenvalue weighted by atomic mass is 10.3. The van der Waals surface area contributed by atoms with E-state index in [1.807, 2.05) is 0 Å². The van der Waals surface area contributed by atoms with E-state index in [0.29, 0.717) is 16.7 Å². The van der Waals surface area contributed by atoms with Gasteiger partial charge in [-0.2, -0.15) is 23.4 Å². The van der Waals surface area contributed by atoms with E-state index in [-0.39, 0.29) is 11.5 Å². The summed E-state index contributed by atoms with van der Waals surface area (Å²) in [6.07, 6.45) is -1.50. The predicted molar refractivity (Wildman–Crippen MR) is 72.3 cm³/mol. The van der Waals surface area contributed by atoms with Crippen molar-refractivity contribution in [2.24, 2.45) is 14.1 Å². The molecule has 4 aromatic heterocycles. The Labute approximate surface area is 126 Å². The smallest absolute Gasteiger partial charge is 0.264 e. The third kappa shape index (κ3) is 1.96. The molecule has 4 rings (SSSR count). The molecule has 0 aliphatic rings. The van der Waals surface area contributed by atoms with Crippen molar-refractivity contribution in [3.8, 4) is 11.5 Å². The zero-order chi connectivity index (χ0) is 16.4. The Bertz CT molecular complexity index is 1040. The molecule has 0 atom stereocenters. The quantitative estimate of drug-likeness (QED) is 0.530. The summed E-state index contributed by atoms with van der Waals surface area (Å²) in [7, 11) is 3.15. The van der Waals surface area contributed by atoms with Crippen LogP contribution in [0.5, 0.6) is 0 Å². The zero-order valence-electron chi connectivity index (χ0n) is 11.9. The molecular weight excluding hydrogens is 313 g/mol. The van der Waals surface area contributed by atoms with Crippen molar-refractivity contribution in [2.75, 3.05) is 0 Å². The standard InChI is InChI=1S/C12H9F3N8/c1-21-7(3-8(19-21)12(13,14)15)9-18-11-6-4-17-22(2)10(6)16-5-23(11)20-9/h3-5H,1-2H3. The van der Waals surface area contributed by atoms with Gasteiger partial charge >= 0.3 is 6.18 Å². The highest BCUT2D eigenvalue weighted by Crippen LogP contribution is 2.30. The molecule has 0 bridgehead atoms. The van der Waals surface area contributed by atoms with Gasteiger partial charge in [0.1, 0.15) is 12.0 Å². The Hall–Kier alpha value is -2.98. The second-order valence-electron chi connectivity index (χ2n) is 4.99. The van der Waals surface area contributed by atoms with Crippen molar-refractivity contribution in [1.82, 2.24) is 39.1 Å². The molecule has 0 unspecified atom stereocenters. The molecule has 0 amide bonds. The highest BCUT2D eigenvalue weighted by Gasteiger charge is 2.35. The van der Waals surface area contributed by atoms with E-state index in [4.69, 9.17) is 0 Å². The summed E-state index contributed by atoms with van der Waals surface area (Å²) >= 11 is 0. The lowest BCUT2D eigenvalue weighted by molar-refractivity contribution is -0.141. The van der Waals surface area contributed by atoms with Gasteiger partial charge in [0.05, 0.1) is 11.6 Å². The van der Waals surface area contributed by atoms with Crippen LogP contribution in [0.4, 0.5) is 13.2 Å². The van der Waals surface area contributed by atoms with Crippen molar-refractivity contribution in [2.45, 2.75) is 6.18 Å². The van der Waals surface area contributed by atoms with Crippen LogP contribution in [-0.2, 0) is 20.3 Å². The molecule has 0 fully saturated rings. The summed E-state index contributed by atoms with van der Waals surface area (Å²) in [6.45, 7) is 0. The maximum atomic E-state index is 12.8. The Kier molecular flexibility index (Phi) is 2.54. The van der Waals surface area contributed by atoms with Gasteiger partial charge in [-0.05, 0) is 6.07 Å². The van der Waals surface area contributed by atoms with Gasteiger partial charge in [-0.3, -0.25) is 9.36 Å². The number of hydrogen-bond acceptors (Lipinski definition) is 5. The maximum absolute atomic E-state index is 12.8. The Morgan fingerprint density at radius 2 is 1.83 bits per heavy atom. The van der Waals surface area contributed by atoms with Crippen LogP contribution in [0.1, 0.15) is 5.69 Å². The number of aryl methyl sites for hydroxylation is 2. The number of fused-ring (bicyclic) bond motifs is 3. The molecule has 0 saturated heterocycles. The highest BCUT2D eigenvalue weighted by atomic mass is 19.4. The van der Waals surface area contributed by atoms with Gasteiger partial charge in [0.25, 0.3) is 0 Å². The minimum absolute atomic E-state index is 0.133. The Morgan fingerprint density at radius 1 is 1.04 bits per heavy atom. The van der Waals surface area contributed by atoms with Crippen LogP contribution in [0.2, 0.25) is 0 Å². The number of halogens is 3. The number of aromatic nitrogens is 8. The molecule has 11 heteroatoms. The van der Waals surface area contributed by atoms with Crippen LogP contribution in [0.15, 0.2) is 18.6 Å². The molecule has 0 saturated carbocycles. The lowest BCUT2D eigenvalue weighted by Crippen LogP contribution is -2.06. The number of rotatable bonds is 1. The fourth-order valence-electron chi connectivity index (χ4n) is 2.36. The van der Waals surface area contributed by atoms with Gasteiger partial charge in [-0.15, -0.1) is 5.10 Å². The molecule has 4 aromatic rings. The maximum Gasteiger partial charge on any atom is 0.435 e. The summed E-state index contributed by atoms with van der Waals surface area (Å²) in [5.41, 5.74) is 0.252. The molecule has 0 spiro atoms. The lowest BCUT2D eigenvalue weighted by Gasteiger charge is -1.98. The Balaban J connectivity index is 1.93. The third-order valence-electron chi connectivity index (χ3n) is 3.47. The van der Waals surface area contributed by atoms with Gasteiger partial charge in [-0.25, -0.2) is 14.5 Å². The summed E-state index contributed by atoms with van der Waals surface area (Å²) < 4.78 is 42.4. The average Bonchev–Trinajstić information content (AvgIpc) is 3.14. The molecule has 0 aliphatic carbocycles. The minimum Gasteiger partial charge on any atom is -0.264 e. The molecule has 8 nitrogen and oxygen atoms in total. The van der Waals surface area contributed by atoms with Gasteiger partial charge in [0.2, 0.25) is 5.82 Å². The number of alkyl halides is 3. The van der Waals surface area contributed by atoms with E-state index < -0.39 is 11.9 Å². The van der Waals surface area contributed by atoms with Crippen LogP contribution in [0.25, 0.3) is 28.2 Å². The van der Waals surface area contributed by atoms with Gasteiger partial charge in [0, 0.05) is 14.1 Å². The fourth-order valence-corrected chi connectivity index (χ4v) is 2.36. The van der Waals surface area contributed by atoms with Crippen LogP contribution < -0.4 is 0 Å². The topological polar surface area (TPSA) is 78.7 Å². The van der Waals surface area contributed by atoms with Crippen molar-refractivity contribution in [3.05, 3.63) is 24.3 Å². The highest BCUT2D eigenvalue weighted by molar-refractivity contribution is 5.88. The summed E-state index contributed by atoms with van der Waals surface area (Å²) in [5.74, 6) is 0.133. The number of nitrogens with zero attached hydrogens (tertiary/aromatic N) is 8. The molecule has 0 radical (unpaired) electrons. The van der Waals surface area contributed by atoms with E-state index >= 15 is 0 Å². The minimum atomic E-state index is -4.52. The van der Waals surface area contributed by atoms with E-state index in [2.05, 4.69) is 25.3 Å². The average molecular weight is 322 g/mol. The van der Waals surface area contributed by atoms with Gasteiger partial charge in [-0.1, -0.05) is 0 Å². The van der Waals surface area contributed by atoms with Crippen LogP contribution in [0, 0.1) is 0 Å². The Morgan fingerprint density at radius 3 is 2.52 bits per heavy atom. The second-order valence-corrected chi connectivity index (χ2v) is 4.99. The van der Waals surface area contributed by atoms with Crippen LogP contribution in [-0.4, -0.2) is 39.1 Å². The second kappa shape index (κ2) is 4.27. The first kappa shape index (κ1) is 13.7. The largest absolute Gasteiger partial charge is 0.435 e. The van der Waals surface area contributed by atoms with E-state index in [1.165, 1.54) is 17.9 Å². The van der Waals surface area contributed by atoms with Crippen molar-refractivity contribution in [3.63, 3.8) is 0 Å². The van der Waals surface area contributed by atoms with Crippen molar-refractivity contribution < 1.29 is 13.2 Å². The van der Waals surface area contributed by atoms with Gasteiger partial charge in [0.15, 0.2) is 17.0 Å². The molecule has 0 aliphatic heterocycles. The fraction of sp³-hybridized carbons (Fsp3) is 0.250. The molecule has 0 N–H and O–H groups in total. The van der Waals surface area contributed by atoms with Crippen molar-refractivity contribution in [1.29, 1.82) is 0 Å². The van der Waals surface area contributed by atoms with E-state index in [9.17, 15) is 13.2 Å². The summed E-state index contributed by atoms with van der Waals surface area (Å²) in [6, 6.07) is 0.919. The van der Waals surface area contributed by atoms with E-state index in [0.717, 1.165) is 10.7 Å². The summed E-state index contributed by atoms with van der Waals surface area (Å²) in [5, 5.41) is 12.4. The normalized spacial score (nSPS) is 12.6. The molecule has 0 aromatic carbocycles. The molecule has 23 heavy (non-hydrogen) atoms. The third-order valence-corrected chi connectivity index (χ3v) is 3.47. The zero-order valence-corrected chi connectivity index (χ0v) is 11.9. The van der Waals surface area contributed by atoms with Crippen LogP contribution in [0.3, 0.4) is 0 Å². The first-order valence-corrected chi connectivity index (χ1v) is 6.49. The van der Waals surface area contributed by atoms with Crippen LogP contribution >= 0.6 is 0 Å². The molecule has 4 heterocycles.